The van der Waals surface area contributed by atoms with Crippen molar-refractivity contribution in [3.05, 3.63) is 0 Å². The normalized spacial score (nSPS) is 47.1. The van der Waals surface area contributed by atoms with Crippen LogP contribution in [0, 0.1) is 29.6 Å². The lowest BCUT2D eigenvalue weighted by atomic mass is 9.67. The molecular formula is C16H26O2. The van der Waals surface area contributed by atoms with Crippen LogP contribution in [0.5, 0.6) is 0 Å². The zero-order valence-corrected chi connectivity index (χ0v) is 11.9. The highest BCUT2D eigenvalue weighted by Gasteiger charge is 2.63. The molecule has 0 aliphatic heterocycles. The highest BCUT2D eigenvalue weighted by Crippen LogP contribution is 2.65. The molecule has 0 saturated heterocycles. The van der Waals surface area contributed by atoms with E-state index in [1.807, 2.05) is 0 Å². The first-order valence-corrected chi connectivity index (χ1v) is 7.78. The van der Waals surface area contributed by atoms with Crippen molar-refractivity contribution < 1.29 is 9.53 Å². The van der Waals surface area contributed by atoms with Gasteiger partial charge in [-0.25, -0.2) is 0 Å². The van der Waals surface area contributed by atoms with Crippen molar-refractivity contribution >= 4 is 5.97 Å². The quantitative estimate of drug-likeness (QED) is 0.712. The van der Waals surface area contributed by atoms with E-state index in [1.54, 1.807) is 6.92 Å². The van der Waals surface area contributed by atoms with Crippen LogP contribution in [0.4, 0.5) is 0 Å². The Kier molecular flexibility index (Phi) is 2.95. The Morgan fingerprint density at radius 1 is 1.39 bits per heavy atom. The van der Waals surface area contributed by atoms with Crippen molar-refractivity contribution in [2.45, 2.75) is 64.9 Å². The molecule has 3 aliphatic rings. The summed E-state index contributed by atoms with van der Waals surface area (Å²) < 4.78 is 5.95. The monoisotopic (exact) mass is 250 g/mol. The molecule has 2 heteroatoms. The van der Waals surface area contributed by atoms with Crippen LogP contribution in [-0.2, 0) is 9.53 Å². The molecule has 3 rings (SSSR count). The van der Waals surface area contributed by atoms with Crippen molar-refractivity contribution in [2.75, 3.05) is 0 Å². The molecule has 0 N–H and O–H groups in total. The summed E-state index contributed by atoms with van der Waals surface area (Å²) in [6.45, 7) is 6.10. The minimum absolute atomic E-state index is 0.0719. The summed E-state index contributed by atoms with van der Waals surface area (Å²) in [6.07, 6.45) is 7.81. The van der Waals surface area contributed by atoms with E-state index < -0.39 is 0 Å². The van der Waals surface area contributed by atoms with E-state index in [-0.39, 0.29) is 11.6 Å². The Labute approximate surface area is 110 Å². The molecular weight excluding hydrogens is 224 g/mol. The maximum Gasteiger partial charge on any atom is 0.303 e. The zero-order chi connectivity index (χ0) is 12.9. The Balaban J connectivity index is 1.90. The molecule has 3 aliphatic carbocycles. The van der Waals surface area contributed by atoms with Gasteiger partial charge in [-0.1, -0.05) is 20.3 Å². The van der Waals surface area contributed by atoms with Gasteiger partial charge in [-0.2, -0.15) is 0 Å². The molecule has 18 heavy (non-hydrogen) atoms. The molecule has 3 saturated carbocycles. The number of carbonyl (C=O) groups excluding carboxylic acids is 1. The molecule has 2 nitrogen and oxygen atoms in total. The molecule has 0 aromatic carbocycles. The molecule has 0 heterocycles. The van der Waals surface area contributed by atoms with E-state index in [0.717, 1.165) is 30.6 Å². The highest BCUT2D eigenvalue weighted by atomic mass is 16.6. The molecule has 2 bridgehead atoms. The maximum absolute atomic E-state index is 11.6. The van der Waals surface area contributed by atoms with E-state index in [0.29, 0.717) is 11.8 Å². The van der Waals surface area contributed by atoms with Gasteiger partial charge in [0.05, 0.1) is 0 Å². The van der Waals surface area contributed by atoms with Gasteiger partial charge in [-0.05, 0) is 55.8 Å². The van der Waals surface area contributed by atoms with Crippen molar-refractivity contribution in [3.63, 3.8) is 0 Å². The molecule has 0 aromatic rings. The average Bonchev–Trinajstić information content (AvgIpc) is 2.96. The summed E-state index contributed by atoms with van der Waals surface area (Å²) in [5.74, 6) is 3.76. The number of ether oxygens (including phenoxy) is 1. The third-order valence-corrected chi connectivity index (χ3v) is 6.29. The van der Waals surface area contributed by atoms with Crippen molar-refractivity contribution in [1.29, 1.82) is 0 Å². The summed E-state index contributed by atoms with van der Waals surface area (Å²) in [6, 6.07) is 0. The molecule has 6 atom stereocenters. The fourth-order valence-corrected chi connectivity index (χ4v) is 5.53. The van der Waals surface area contributed by atoms with Crippen LogP contribution in [0.2, 0.25) is 0 Å². The minimum atomic E-state index is -0.114. The second-order valence-electron chi connectivity index (χ2n) is 6.92. The number of esters is 1. The molecule has 0 spiro atoms. The van der Waals surface area contributed by atoms with Crippen molar-refractivity contribution in [3.8, 4) is 0 Å². The molecule has 0 amide bonds. The fourth-order valence-electron chi connectivity index (χ4n) is 5.53. The third-order valence-electron chi connectivity index (χ3n) is 6.29. The van der Waals surface area contributed by atoms with Crippen LogP contribution in [0.15, 0.2) is 0 Å². The summed E-state index contributed by atoms with van der Waals surface area (Å²) in [5.41, 5.74) is -0.114. The predicted molar refractivity (Wildman–Crippen MR) is 71.0 cm³/mol. The van der Waals surface area contributed by atoms with E-state index in [2.05, 4.69) is 13.8 Å². The Hall–Kier alpha value is -0.530. The summed E-state index contributed by atoms with van der Waals surface area (Å²) in [7, 11) is 0. The summed E-state index contributed by atoms with van der Waals surface area (Å²) >= 11 is 0. The average molecular weight is 250 g/mol. The van der Waals surface area contributed by atoms with Gasteiger partial charge in [0.15, 0.2) is 0 Å². The van der Waals surface area contributed by atoms with Gasteiger partial charge in [0.25, 0.3) is 0 Å². The van der Waals surface area contributed by atoms with Crippen LogP contribution in [0.1, 0.15) is 59.3 Å². The molecule has 6 unspecified atom stereocenters. The molecule has 3 fully saturated rings. The lowest BCUT2D eigenvalue weighted by molar-refractivity contribution is -0.176. The Bertz CT molecular complexity index is 351. The Morgan fingerprint density at radius 2 is 2.11 bits per heavy atom. The lowest BCUT2D eigenvalue weighted by Gasteiger charge is -2.45. The number of hydrogen-bond acceptors (Lipinski definition) is 2. The standard InChI is InChI=1S/C16H26O2/c1-4-10(2)16(18-11(3)17)9-12-8-15(16)14-7-5-6-13(12)14/h10,12-15H,4-9H2,1-3H3. The van der Waals surface area contributed by atoms with Crippen LogP contribution >= 0.6 is 0 Å². The largest absolute Gasteiger partial charge is 0.459 e. The van der Waals surface area contributed by atoms with Crippen LogP contribution in [0.3, 0.4) is 0 Å². The third kappa shape index (κ3) is 1.57. The fraction of sp³-hybridized carbons (Fsp3) is 0.938. The van der Waals surface area contributed by atoms with Gasteiger partial charge >= 0.3 is 5.97 Å². The second-order valence-corrected chi connectivity index (χ2v) is 6.92. The lowest BCUT2D eigenvalue weighted by Crippen LogP contribution is -2.49. The minimum Gasteiger partial charge on any atom is -0.459 e. The summed E-state index contributed by atoms with van der Waals surface area (Å²) in [5, 5.41) is 0. The van der Waals surface area contributed by atoms with E-state index in [4.69, 9.17) is 4.74 Å². The van der Waals surface area contributed by atoms with Gasteiger partial charge in [0.2, 0.25) is 0 Å². The van der Waals surface area contributed by atoms with Gasteiger partial charge in [0, 0.05) is 12.8 Å². The molecule has 0 radical (unpaired) electrons. The topological polar surface area (TPSA) is 26.3 Å². The van der Waals surface area contributed by atoms with E-state index in [1.165, 1.54) is 25.7 Å². The van der Waals surface area contributed by atoms with Crippen molar-refractivity contribution in [1.82, 2.24) is 0 Å². The van der Waals surface area contributed by atoms with E-state index in [9.17, 15) is 4.79 Å². The second kappa shape index (κ2) is 4.25. The number of fused-ring (bicyclic) bond motifs is 5. The van der Waals surface area contributed by atoms with Gasteiger partial charge in [-0.3, -0.25) is 4.79 Å². The number of rotatable bonds is 3. The zero-order valence-electron chi connectivity index (χ0n) is 11.9. The van der Waals surface area contributed by atoms with Crippen LogP contribution in [-0.4, -0.2) is 11.6 Å². The molecule has 0 aromatic heterocycles. The van der Waals surface area contributed by atoms with Crippen LogP contribution in [0.25, 0.3) is 0 Å². The smallest absolute Gasteiger partial charge is 0.303 e. The number of carbonyl (C=O) groups is 1. The first-order valence-electron chi connectivity index (χ1n) is 7.78. The highest BCUT2D eigenvalue weighted by molar-refractivity contribution is 5.66. The predicted octanol–water partition coefficient (Wildman–Crippen LogP) is 3.79. The first kappa shape index (κ1) is 12.5. The first-order chi connectivity index (χ1) is 8.58. The SMILES string of the molecule is CCC(C)C1(OC(C)=O)CC2CC1C1CCCC21. The summed E-state index contributed by atoms with van der Waals surface area (Å²) in [4.78, 5) is 11.6. The van der Waals surface area contributed by atoms with Crippen molar-refractivity contribution in [2.24, 2.45) is 29.6 Å². The van der Waals surface area contributed by atoms with E-state index >= 15 is 0 Å². The maximum atomic E-state index is 11.6. The Morgan fingerprint density at radius 3 is 2.78 bits per heavy atom. The van der Waals surface area contributed by atoms with Gasteiger partial charge < -0.3 is 4.74 Å². The number of hydrogen-bond donors (Lipinski definition) is 0. The van der Waals surface area contributed by atoms with Crippen LogP contribution < -0.4 is 0 Å². The molecule has 102 valence electrons. The van der Waals surface area contributed by atoms with Gasteiger partial charge in [-0.15, -0.1) is 0 Å². The van der Waals surface area contributed by atoms with Gasteiger partial charge in [0.1, 0.15) is 5.60 Å².